The summed E-state index contributed by atoms with van der Waals surface area (Å²) in [6, 6.07) is 0. The first-order chi connectivity index (χ1) is 2.71. The minimum atomic E-state index is -0.0417. The Morgan fingerprint density at radius 3 is 2.17 bits per heavy atom. The van der Waals surface area contributed by atoms with E-state index < -0.39 is 0 Å². The van der Waals surface area contributed by atoms with Gasteiger partial charge >= 0.3 is 0 Å². The molecule has 2 N–H and O–H groups in total. The Balaban J connectivity index is 2.57. The van der Waals surface area contributed by atoms with Gasteiger partial charge in [0.2, 0.25) is 0 Å². The van der Waals surface area contributed by atoms with Gasteiger partial charge in [0.25, 0.3) is 0 Å². The summed E-state index contributed by atoms with van der Waals surface area (Å²) in [5.41, 5.74) is 5.50. The van der Waals surface area contributed by atoms with Gasteiger partial charge in [-0.05, 0) is 18.4 Å². The van der Waals surface area contributed by atoms with Gasteiger partial charge in [0.05, 0.1) is 4.87 Å². The molecule has 0 saturated heterocycles. The number of hydrogen-bond acceptors (Lipinski definition) is 2. The fourth-order valence-corrected chi connectivity index (χ4v) is 0.848. The first kappa shape index (κ1) is 4.22. The van der Waals surface area contributed by atoms with Crippen LogP contribution in [0, 0.1) is 0 Å². The molecule has 0 amide bonds. The van der Waals surface area contributed by atoms with Gasteiger partial charge in [-0.1, -0.05) is 0 Å². The highest BCUT2D eigenvalue weighted by Gasteiger charge is 2.19. The van der Waals surface area contributed by atoms with Crippen molar-refractivity contribution in [3.63, 3.8) is 0 Å². The van der Waals surface area contributed by atoms with Crippen molar-refractivity contribution in [1.82, 2.24) is 0 Å². The topological polar surface area (TPSA) is 26.0 Å². The van der Waals surface area contributed by atoms with Gasteiger partial charge in [-0.2, -0.15) is 0 Å². The minimum Gasteiger partial charge on any atom is -0.314 e. The minimum absolute atomic E-state index is 0.0417. The second-order valence-electron chi connectivity index (χ2n) is 1.60. The van der Waals surface area contributed by atoms with Crippen LogP contribution in [0.4, 0.5) is 0 Å². The maximum Gasteiger partial charge on any atom is 0.0826 e. The Labute approximate surface area is 41.6 Å². The highest BCUT2D eigenvalue weighted by atomic mass is 32.2. The van der Waals surface area contributed by atoms with E-state index in [4.69, 9.17) is 5.73 Å². The van der Waals surface area contributed by atoms with Gasteiger partial charge < -0.3 is 5.73 Å². The third-order valence-corrected chi connectivity index (χ3v) is 1.64. The lowest BCUT2D eigenvalue weighted by atomic mass is 10.3. The molecule has 1 aliphatic rings. The van der Waals surface area contributed by atoms with Gasteiger partial charge in [0.15, 0.2) is 0 Å². The highest BCUT2D eigenvalue weighted by Crippen LogP contribution is 2.30. The lowest BCUT2D eigenvalue weighted by molar-refractivity contribution is 0.837. The molecule has 0 aromatic rings. The normalized spacial score (nSPS) is 42.3. The molecule has 0 aliphatic carbocycles. The third kappa shape index (κ3) is 0.581. The standard InChI is InChI=1S/C4H7NS/c1-4(5)2-3-6-4/h2-3H,5H2,1H3. The van der Waals surface area contributed by atoms with Crippen molar-refractivity contribution >= 4 is 11.8 Å². The quantitative estimate of drug-likeness (QED) is 0.491. The number of hydrogen-bond donors (Lipinski definition) is 1. The predicted octanol–water partition coefficient (Wildman–Crippen LogP) is 0.922. The van der Waals surface area contributed by atoms with Crippen LogP contribution in [0.15, 0.2) is 11.5 Å². The van der Waals surface area contributed by atoms with Crippen molar-refractivity contribution in [2.75, 3.05) is 0 Å². The van der Waals surface area contributed by atoms with Gasteiger partial charge in [0, 0.05) is 0 Å². The summed E-state index contributed by atoms with van der Waals surface area (Å²) >= 11 is 1.66. The van der Waals surface area contributed by atoms with Crippen LogP contribution in [0.1, 0.15) is 6.92 Å². The molecule has 34 valence electrons. The van der Waals surface area contributed by atoms with Crippen LogP contribution < -0.4 is 5.73 Å². The van der Waals surface area contributed by atoms with Crippen LogP contribution in [0.5, 0.6) is 0 Å². The van der Waals surface area contributed by atoms with Crippen molar-refractivity contribution in [1.29, 1.82) is 0 Å². The average molecular weight is 101 g/mol. The van der Waals surface area contributed by atoms with E-state index >= 15 is 0 Å². The Kier molecular flexibility index (Phi) is 0.711. The molecule has 1 unspecified atom stereocenters. The van der Waals surface area contributed by atoms with E-state index in [0.717, 1.165) is 0 Å². The predicted molar refractivity (Wildman–Crippen MR) is 29.3 cm³/mol. The Morgan fingerprint density at radius 1 is 1.83 bits per heavy atom. The summed E-state index contributed by atoms with van der Waals surface area (Å²) in [6.07, 6.45) is 1.98. The Bertz CT molecular complexity index is 85.5. The molecule has 0 aromatic heterocycles. The molecular weight excluding hydrogens is 94.1 g/mol. The molecule has 6 heavy (non-hydrogen) atoms. The molecule has 2 heteroatoms. The summed E-state index contributed by atoms with van der Waals surface area (Å²) in [7, 11) is 0. The van der Waals surface area contributed by atoms with E-state index in [9.17, 15) is 0 Å². The van der Waals surface area contributed by atoms with Crippen molar-refractivity contribution in [2.24, 2.45) is 5.73 Å². The van der Waals surface area contributed by atoms with Crippen molar-refractivity contribution in [3.05, 3.63) is 11.5 Å². The van der Waals surface area contributed by atoms with Gasteiger partial charge in [0.1, 0.15) is 0 Å². The van der Waals surface area contributed by atoms with Crippen LogP contribution in [0.25, 0.3) is 0 Å². The molecule has 1 aliphatic heterocycles. The first-order valence-corrected chi connectivity index (χ1v) is 2.73. The molecule has 1 heterocycles. The van der Waals surface area contributed by atoms with E-state index in [1.165, 1.54) is 0 Å². The summed E-state index contributed by atoms with van der Waals surface area (Å²) in [5.74, 6) is 0. The number of rotatable bonds is 0. The molecule has 1 nitrogen and oxygen atoms in total. The molecule has 1 atom stereocenters. The maximum atomic E-state index is 5.50. The monoisotopic (exact) mass is 101 g/mol. The van der Waals surface area contributed by atoms with E-state index in [1.807, 2.05) is 18.4 Å². The van der Waals surface area contributed by atoms with Crippen LogP contribution in [-0.2, 0) is 0 Å². The molecule has 0 aromatic carbocycles. The zero-order valence-electron chi connectivity index (χ0n) is 3.64. The second-order valence-corrected chi connectivity index (χ2v) is 2.99. The molecule has 1 rings (SSSR count). The fourth-order valence-electron chi connectivity index (χ4n) is 0.283. The van der Waals surface area contributed by atoms with Crippen LogP contribution >= 0.6 is 11.8 Å². The maximum absolute atomic E-state index is 5.50. The van der Waals surface area contributed by atoms with E-state index in [2.05, 4.69) is 0 Å². The number of nitrogens with two attached hydrogens (primary N) is 1. The lowest BCUT2D eigenvalue weighted by Crippen LogP contribution is -2.32. The van der Waals surface area contributed by atoms with Crippen LogP contribution in [0.2, 0.25) is 0 Å². The molecule has 0 spiro atoms. The van der Waals surface area contributed by atoms with Crippen molar-refractivity contribution in [2.45, 2.75) is 11.8 Å². The largest absolute Gasteiger partial charge is 0.314 e. The Hall–Kier alpha value is 0.0500. The van der Waals surface area contributed by atoms with Crippen molar-refractivity contribution in [3.8, 4) is 0 Å². The Morgan fingerprint density at radius 2 is 2.17 bits per heavy atom. The van der Waals surface area contributed by atoms with E-state index in [-0.39, 0.29) is 4.87 Å². The highest BCUT2D eigenvalue weighted by molar-refractivity contribution is 8.04. The number of thioether (sulfide) groups is 1. The molecular formula is C4H7NS. The molecule has 0 saturated carbocycles. The summed E-state index contributed by atoms with van der Waals surface area (Å²) in [4.78, 5) is -0.0417. The lowest BCUT2D eigenvalue weighted by Gasteiger charge is -2.23. The first-order valence-electron chi connectivity index (χ1n) is 1.85. The fraction of sp³-hybridized carbons (Fsp3) is 0.500. The van der Waals surface area contributed by atoms with Gasteiger partial charge in [-0.15, -0.1) is 11.8 Å². The second kappa shape index (κ2) is 1.01. The van der Waals surface area contributed by atoms with Gasteiger partial charge in [-0.3, -0.25) is 0 Å². The summed E-state index contributed by atoms with van der Waals surface area (Å²) in [5, 5.41) is 2.00. The zero-order valence-corrected chi connectivity index (χ0v) is 4.46. The third-order valence-electron chi connectivity index (χ3n) is 0.721. The smallest absolute Gasteiger partial charge is 0.0826 e. The van der Waals surface area contributed by atoms with Crippen LogP contribution in [0.3, 0.4) is 0 Å². The van der Waals surface area contributed by atoms with Crippen molar-refractivity contribution < 1.29 is 0 Å². The zero-order chi connectivity index (χ0) is 4.62. The molecule has 0 radical (unpaired) electrons. The summed E-state index contributed by atoms with van der Waals surface area (Å²) < 4.78 is 0. The van der Waals surface area contributed by atoms with Crippen LogP contribution in [-0.4, -0.2) is 4.87 Å². The molecule has 0 fully saturated rings. The van der Waals surface area contributed by atoms with E-state index in [0.29, 0.717) is 0 Å². The van der Waals surface area contributed by atoms with Gasteiger partial charge in [-0.25, -0.2) is 0 Å². The summed E-state index contributed by atoms with van der Waals surface area (Å²) in [6.45, 7) is 1.98. The average Bonchev–Trinajstić information content (AvgIpc) is 1.32. The molecule has 0 bridgehead atoms. The van der Waals surface area contributed by atoms with E-state index in [1.54, 1.807) is 11.8 Å². The SMILES string of the molecule is CC1(N)C=CS1.